The highest BCUT2D eigenvalue weighted by atomic mass is 16.7. The Kier molecular flexibility index (Phi) is 2.56. The summed E-state index contributed by atoms with van der Waals surface area (Å²) in [7, 11) is -2.60. The van der Waals surface area contributed by atoms with Crippen LogP contribution in [-0.2, 0) is 14.4 Å². The van der Waals surface area contributed by atoms with Gasteiger partial charge in [-0.15, -0.1) is 5.06 Å². The molecule has 1 aromatic rings. The molecular weight excluding hydrogens is 250 g/mol. The molecule has 1 aliphatic heterocycles. The third kappa shape index (κ3) is 2.57. The summed E-state index contributed by atoms with van der Waals surface area (Å²) in [6, 6.07) is 3.96. The van der Waals surface area contributed by atoms with E-state index in [1.165, 1.54) is 18.2 Å². The van der Waals surface area contributed by atoms with Crippen LogP contribution in [0.25, 0.3) is 0 Å². The second-order valence-electron chi connectivity index (χ2n) is 4.04. The van der Waals surface area contributed by atoms with Crippen molar-refractivity contribution >= 4 is 17.8 Å². The van der Waals surface area contributed by atoms with Crippen molar-refractivity contribution < 1.29 is 28.1 Å². The van der Waals surface area contributed by atoms with Crippen molar-refractivity contribution in [2.75, 3.05) is 7.04 Å². The molecule has 0 atom stereocenters. The lowest BCUT2D eigenvalue weighted by Gasteiger charge is -2.13. The van der Waals surface area contributed by atoms with Gasteiger partial charge in [-0.1, -0.05) is 0 Å². The molecule has 1 saturated heterocycles. The Morgan fingerprint density at radius 2 is 2.00 bits per heavy atom. The Morgan fingerprint density at radius 3 is 2.58 bits per heavy atom. The van der Waals surface area contributed by atoms with Crippen molar-refractivity contribution in [3.8, 4) is 5.75 Å². The molecule has 0 aromatic heterocycles. The minimum absolute atomic E-state index is 0.0104. The Hall–Kier alpha value is -2.37. The number of carbonyl (C=O) groups excluding carboxylic acids is 3. The summed E-state index contributed by atoms with van der Waals surface area (Å²) < 4.78 is 25.9. The third-order valence-corrected chi connectivity index (χ3v) is 2.70. The van der Waals surface area contributed by atoms with Gasteiger partial charge in [-0.05, 0) is 30.7 Å². The fraction of sp³-hybridized carbons (Fsp3) is 0.308. The standard InChI is InChI=1S/C13H13NO5/c1-8-7-9(3-4-10(8)18-2)13(17)19-14-11(15)5-6-12(14)16/h3-4,7H,5-6H2,1-2H3/i2D3. The molecule has 1 aromatic carbocycles. The van der Waals surface area contributed by atoms with E-state index in [0.717, 1.165) is 0 Å². The molecule has 0 bridgehead atoms. The highest BCUT2D eigenvalue weighted by Gasteiger charge is 2.33. The van der Waals surface area contributed by atoms with E-state index in [1.807, 2.05) is 0 Å². The maximum Gasteiger partial charge on any atom is 0.363 e. The van der Waals surface area contributed by atoms with Crippen LogP contribution in [0.1, 0.15) is 32.9 Å². The fourth-order valence-corrected chi connectivity index (χ4v) is 1.68. The van der Waals surface area contributed by atoms with E-state index in [9.17, 15) is 14.4 Å². The molecule has 0 radical (unpaired) electrons. The van der Waals surface area contributed by atoms with Crippen LogP contribution < -0.4 is 4.74 Å². The summed E-state index contributed by atoms with van der Waals surface area (Å²) in [5.74, 6) is -1.92. The predicted octanol–water partition coefficient (Wildman–Crippen LogP) is 1.22. The molecule has 0 N–H and O–H groups in total. The first kappa shape index (κ1) is 9.55. The van der Waals surface area contributed by atoms with Gasteiger partial charge in [-0.25, -0.2) is 4.79 Å². The number of imide groups is 1. The van der Waals surface area contributed by atoms with E-state index >= 15 is 0 Å². The van der Waals surface area contributed by atoms with E-state index in [-0.39, 0.29) is 24.2 Å². The number of nitrogens with zero attached hydrogens (tertiary/aromatic N) is 1. The summed E-state index contributed by atoms with van der Waals surface area (Å²) in [5, 5.41) is 0.449. The van der Waals surface area contributed by atoms with Crippen molar-refractivity contribution in [3.05, 3.63) is 29.3 Å². The monoisotopic (exact) mass is 266 g/mol. The summed E-state index contributed by atoms with van der Waals surface area (Å²) in [6.07, 6.45) is 0.0208. The van der Waals surface area contributed by atoms with Gasteiger partial charge in [0.15, 0.2) is 0 Å². The molecular formula is C13H13NO5. The van der Waals surface area contributed by atoms with Crippen LogP contribution in [0.5, 0.6) is 5.75 Å². The number of carbonyl (C=O) groups is 3. The van der Waals surface area contributed by atoms with E-state index in [2.05, 4.69) is 0 Å². The maximum absolute atomic E-state index is 11.9. The lowest BCUT2D eigenvalue weighted by molar-refractivity contribution is -0.172. The molecule has 2 amide bonds. The number of hydrogen-bond donors (Lipinski definition) is 0. The minimum atomic E-state index is -2.60. The minimum Gasteiger partial charge on any atom is -0.496 e. The van der Waals surface area contributed by atoms with Crippen LogP contribution in [0, 0.1) is 6.92 Å². The maximum atomic E-state index is 11.9. The SMILES string of the molecule is [2H]C([2H])([2H])Oc1ccc(C(=O)ON2C(=O)CCC2=O)cc1C. The molecule has 0 saturated carbocycles. The van der Waals surface area contributed by atoms with Crippen molar-refractivity contribution in [2.24, 2.45) is 0 Å². The average molecular weight is 266 g/mol. The largest absolute Gasteiger partial charge is 0.496 e. The van der Waals surface area contributed by atoms with Gasteiger partial charge < -0.3 is 9.57 Å². The highest BCUT2D eigenvalue weighted by molar-refractivity contribution is 6.02. The first-order valence-electron chi connectivity index (χ1n) is 7.05. The first-order valence-corrected chi connectivity index (χ1v) is 5.55. The molecule has 0 unspecified atom stereocenters. The van der Waals surface area contributed by atoms with E-state index in [4.69, 9.17) is 13.7 Å². The van der Waals surface area contributed by atoms with Crippen LogP contribution in [0.15, 0.2) is 18.2 Å². The molecule has 2 rings (SSSR count). The Balaban J connectivity index is 2.12. The highest BCUT2D eigenvalue weighted by Crippen LogP contribution is 2.20. The number of benzene rings is 1. The fourth-order valence-electron chi connectivity index (χ4n) is 1.68. The van der Waals surface area contributed by atoms with E-state index in [0.29, 0.717) is 10.6 Å². The normalized spacial score (nSPS) is 17.7. The molecule has 0 aliphatic carbocycles. The van der Waals surface area contributed by atoms with Gasteiger partial charge in [-0.2, -0.15) is 0 Å². The quantitative estimate of drug-likeness (QED) is 0.769. The number of amides is 2. The second kappa shape index (κ2) is 5.09. The van der Waals surface area contributed by atoms with Crippen molar-refractivity contribution in [2.45, 2.75) is 19.8 Å². The molecule has 6 heteroatoms. The third-order valence-electron chi connectivity index (χ3n) is 2.70. The van der Waals surface area contributed by atoms with Gasteiger partial charge in [0.1, 0.15) is 5.75 Å². The molecule has 6 nitrogen and oxygen atoms in total. The summed E-state index contributed by atoms with van der Waals surface area (Å²) in [6.45, 7) is 1.56. The number of methoxy groups -OCH3 is 1. The van der Waals surface area contributed by atoms with E-state index < -0.39 is 24.8 Å². The molecule has 1 aliphatic rings. The lowest BCUT2D eigenvalue weighted by Crippen LogP contribution is -2.32. The number of ether oxygens (including phenoxy) is 1. The smallest absolute Gasteiger partial charge is 0.363 e. The van der Waals surface area contributed by atoms with Crippen LogP contribution in [-0.4, -0.2) is 29.9 Å². The second-order valence-corrected chi connectivity index (χ2v) is 4.04. The van der Waals surface area contributed by atoms with Gasteiger partial charge in [0.2, 0.25) is 0 Å². The summed E-state index contributed by atoms with van der Waals surface area (Å²) in [4.78, 5) is 39.4. The van der Waals surface area contributed by atoms with Crippen molar-refractivity contribution in [1.29, 1.82) is 0 Å². The molecule has 1 heterocycles. The van der Waals surface area contributed by atoms with Crippen LogP contribution in [0.4, 0.5) is 0 Å². The summed E-state index contributed by atoms with van der Waals surface area (Å²) >= 11 is 0. The Morgan fingerprint density at radius 1 is 1.32 bits per heavy atom. The topological polar surface area (TPSA) is 72.9 Å². The van der Waals surface area contributed by atoms with Crippen LogP contribution >= 0.6 is 0 Å². The zero-order valence-corrected chi connectivity index (χ0v) is 10.1. The zero-order chi connectivity index (χ0) is 16.5. The molecule has 0 spiro atoms. The lowest BCUT2D eigenvalue weighted by atomic mass is 10.1. The van der Waals surface area contributed by atoms with Gasteiger partial charge >= 0.3 is 5.97 Å². The van der Waals surface area contributed by atoms with Gasteiger partial charge in [0.25, 0.3) is 11.8 Å². The number of hydroxylamine groups is 2. The van der Waals surface area contributed by atoms with Crippen molar-refractivity contribution in [1.82, 2.24) is 5.06 Å². The molecule has 1 fully saturated rings. The molecule has 100 valence electrons. The predicted molar refractivity (Wildman–Crippen MR) is 64.2 cm³/mol. The number of aryl methyl sites for hydroxylation is 1. The summed E-state index contributed by atoms with van der Waals surface area (Å²) in [5.41, 5.74) is 0.479. The number of rotatable bonds is 3. The van der Waals surface area contributed by atoms with Crippen LogP contribution in [0.2, 0.25) is 0 Å². The van der Waals surface area contributed by atoms with Gasteiger partial charge in [-0.3, -0.25) is 9.59 Å². The van der Waals surface area contributed by atoms with E-state index in [1.54, 1.807) is 6.92 Å². The van der Waals surface area contributed by atoms with Gasteiger partial charge in [0.05, 0.1) is 16.7 Å². The number of hydrogen-bond acceptors (Lipinski definition) is 5. The zero-order valence-electron chi connectivity index (χ0n) is 13.1. The Bertz CT molecular complexity index is 625. The van der Waals surface area contributed by atoms with Gasteiger partial charge in [0, 0.05) is 12.8 Å². The van der Waals surface area contributed by atoms with Crippen LogP contribution in [0.3, 0.4) is 0 Å². The average Bonchev–Trinajstić information content (AvgIpc) is 2.71. The van der Waals surface area contributed by atoms with Crippen molar-refractivity contribution in [3.63, 3.8) is 0 Å². The first-order chi connectivity index (χ1) is 10.2. The molecule has 19 heavy (non-hydrogen) atoms. The Labute approximate surface area is 114 Å².